The van der Waals surface area contributed by atoms with Crippen LogP contribution in [-0.4, -0.2) is 50.7 Å². The lowest BCUT2D eigenvalue weighted by Gasteiger charge is -2.40. The van der Waals surface area contributed by atoms with Crippen molar-refractivity contribution in [3.05, 3.63) is 53.1 Å². The molecule has 0 radical (unpaired) electrons. The van der Waals surface area contributed by atoms with Gasteiger partial charge in [0.05, 0.1) is 25.5 Å². The van der Waals surface area contributed by atoms with E-state index in [4.69, 9.17) is 9.47 Å². The van der Waals surface area contributed by atoms with Gasteiger partial charge in [-0.3, -0.25) is 9.59 Å². The van der Waals surface area contributed by atoms with Gasteiger partial charge in [0, 0.05) is 37.3 Å². The van der Waals surface area contributed by atoms with Crippen molar-refractivity contribution in [1.82, 2.24) is 10.2 Å². The third kappa shape index (κ3) is 3.37. The molecule has 152 valence electrons. The molecule has 2 amide bonds. The Morgan fingerprint density at radius 2 is 2.00 bits per heavy atom. The Labute approximate surface area is 170 Å². The van der Waals surface area contributed by atoms with Crippen LogP contribution in [0.25, 0.3) is 0 Å². The first-order chi connectivity index (χ1) is 14.0. The third-order valence-electron chi connectivity index (χ3n) is 5.73. The Kier molecular flexibility index (Phi) is 5.05. The molecule has 0 bridgehead atoms. The number of hydrogen-bond acceptors (Lipinski definition) is 5. The molecule has 0 spiro atoms. The van der Waals surface area contributed by atoms with Gasteiger partial charge in [-0.1, -0.05) is 0 Å². The minimum atomic E-state index is -0.194. The number of hydrogen-bond donors (Lipinski definition) is 1. The monoisotopic (exact) mass is 395 g/mol. The second-order valence-electron chi connectivity index (χ2n) is 7.32. The molecule has 0 aliphatic carbocycles. The lowest BCUT2D eigenvalue weighted by atomic mass is 10.0. The summed E-state index contributed by atoms with van der Waals surface area (Å²) < 4.78 is 10.6. The van der Waals surface area contributed by atoms with Crippen molar-refractivity contribution in [1.29, 1.82) is 0 Å². The average Bonchev–Trinajstić information content (AvgIpc) is 3.25. The van der Waals surface area contributed by atoms with E-state index in [0.29, 0.717) is 29.2 Å². The lowest BCUT2D eigenvalue weighted by molar-refractivity contribution is 0.0719. The Bertz CT molecular complexity index is 959. The largest absolute Gasteiger partial charge is 0.497 e. The van der Waals surface area contributed by atoms with Crippen molar-refractivity contribution in [2.45, 2.75) is 25.6 Å². The van der Waals surface area contributed by atoms with Crippen LogP contribution in [0, 0.1) is 0 Å². The van der Waals surface area contributed by atoms with Crippen molar-refractivity contribution < 1.29 is 19.1 Å². The van der Waals surface area contributed by atoms with Crippen molar-refractivity contribution in [3.8, 4) is 11.5 Å². The highest BCUT2D eigenvalue weighted by Gasteiger charge is 2.38. The van der Waals surface area contributed by atoms with E-state index in [9.17, 15) is 9.59 Å². The molecule has 1 atom stereocenters. The summed E-state index contributed by atoms with van der Waals surface area (Å²) in [6.45, 7) is 1.12. The van der Waals surface area contributed by atoms with E-state index in [0.717, 1.165) is 30.6 Å². The van der Waals surface area contributed by atoms with Gasteiger partial charge in [-0.2, -0.15) is 0 Å². The molecule has 2 aliphatic heterocycles. The highest BCUT2D eigenvalue weighted by molar-refractivity contribution is 6.04. The van der Waals surface area contributed by atoms with E-state index in [2.05, 4.69) is 10.2 Å². The van der Waals surface area contributed by atoms with E-state index in [1.54, 1.807) is 32.4 Å². The van der Waals surface area contributed by atoms with Gasteiger partial charge in [-0.05, 0) is 43.2 Å². The van der Waals surface area contributed by atoms with Crippen molar-refractivity contribution >= 4 is 17.5 Å². The van der Waals surface area contributed by atoms with Gasteiger partial charge >= 0.3 is 0 Å². The molecule has 0 unspecified atom stereocenters. The molecular formula is C22H25N3O4. The fraction of sp³-hybridized carbons (Fsp3) is 0.364. The Balaban J connectivity index is 1.52. The maximum Gasteiger partial charge on any atom is 0.257 e. The molecule has 0 aromatic heterocycles. The van der Waals surface area contributed by atoms with Gasteiger partial charge in [0.1, 0.15) is 17.7 Å². The first-order valence-electron chi connectivity index (χ1n) is 9.70. The standard InChI is InChI=1S/C22H25N3O4/c1-24-18-11-14(7-9-17(18)22(27)25-10-4-5-20(24)25)21(26)23-13-15-6-8-16(28-2)12-19(15)29-3/h6-9,11-12,20H,4-5,10,13H2,1-3H3,(H,23,26)/t20-/m0/s1. The molecule has 29 heavy (non-hydrogen) atoms. The van der Waals surface area contributed by atoms with Gasteiger partial charge in [0.25, 0.3) is 11.8 Å². The van der Waals surface area contributed by atoms with Gasteiger partial charge < -0.3 is 24.6 Å². The van der Waals surface area contributed by atoms with E-state index in [1.165, 1.54) is 0 Å². The number of fused-ring (bicyclic) bond motifs is 2. The van der Waals surface area contributed by atoms with E-state index >= 15 is 0 Å². The predicted molar refractivity (Wildman–Crippen MR) is 110 cm³/mol. The minimum Gasteiger partial charge on any atom is -0.497 e. The van der Waals surface area contributed by atoms with Crippen LogP contribution in [0.15, 0.2) is 36.4 Å². The van der Waals surface area contributed by atoms with Crippen LogP contribution < -0.4 is 19.7 Å². The second-order valence-corrected chi connectivity index (χ2v) is 7.32. The summed E-state index contributed by atoms with van der Waals surface area (Å²) in [5.41, 5.74) is 2.85. The van der Waals surface area contributed by atoms with Gasteiger partial charge in [-0.25, -0.2) is 0 Å². The molecule has 7 heteroatoms. The lowest BCUT2D eigenvalue weighted by Crippen LogP contribution is -2.50. The average molecular weight is 395 g/mol. The number of anilines is 1. The summed E-state index contributed by atoms with van der Waals surface area (Å²) in [6, 6.07) is 10.8. The second kappa shape index (κ2) is 7.66. The van der Waals surface area contributed by atoms with E-state index in [1.807, 2.05) is 30.1 Å². The number of carbonyl (C=O) groups is 2. The van der Waals surface area contributed by atoms with Crippen LogP contribution in [0.3, 0.4) is 0 Å². The fourth-order valence-electron chi connectivity index (χ4n) is 4.12. The van der Waals surface area contributed by atoms with Crippen LogP contribution in [0.4, 0.5) is 5.69 Å². The zero-order chi connectivity index (χ0) is 20.5. The Hall–Kier alpha value is -3.22. The SMILES string of the molecule is COc1ccc(CNC(=O)c2ccc3c(c2)N(C)[C@@H]2CCCN2C3=O)c(OC)c1. The van der Waals surface area contributed by atoms with Crippen molar-refractivity contribution in [2.75, 3.05) is 32.7 Å². The summed E-state index contributed by atoms with van der Waals surface area (Å²) in [6.07, 6.45) is 2.04. The summed E-state index contributed by atoms with van der Waals surface area (Å²) in [4.78, 5) is 29.5. The van der Waals surface area contributed by atoms with Gasteiger partial charge in [0.15, 0.2) is 0 Å². The Morgan fingerprint density at radius 1 is 1.17 bits per heavy atom. The normalized spacial score (nSPS) is 17.6. The third-order valence-corrected chi connectivity index (χ3v) is 5.73. The van der Waals surface area contributed by atoms with Crippen LogP contribution >= 0.6 is 0 Å². The molecule has 2 aliphatic rings. The number of amides is 2. The summed E-state index contributed by atoms with van der Waals surface area (Å²) in [5, 5.41) is 2.93. The number of nitrogens with one attached hydrogen (secondary N) is 1. The summed E-state index contributed by atoms with van der Waals surface area (Å²) >= 11 is 0. The van der Waals surface area contributed by atoms with Crippen molar-refractivity contribution in [2.24, 2.45) is 0 Å². The number of nitrogens with zero attached hydrogens (tertiary/aromatic N) is 2. The first-order valence-corrected chi connectivity index (χ1v) is 9.70. The highest BCUT2D eigenvalue weighted by Crippen LogP contribution is 2.35. The van der Waals surface area contributed by atoms with Gasteiger partial charge in [0.2, 0.25) is 0 Å². The van der Waals surface area contributed by atoms with Crippen LogP contribution in [0.5, 0.6) is 11.5 Å². The molecule has 7 nitrogen and oxygen atoms in total. The number of rotatable bonds is 5. The molecular weight excluding hydrogens is 370 g/mol. The highest BCUT2D eigenvalue weighted by atomic mass is 16.5. The molecule has 2 aromatic rings. The quantitative estimate of drug-likeness (QED) is 0.843. The fourth-order valence-corrected chi connectivity index (χ4v) is 4.12. The number of methoxy groups -OCH3 is 2. The van der Waals surface area contributed by atoms with E-state index in [-0.39, 0.29) is 18.0 Å². The smallest absolute Gasteiger partial charge is 0.257 e. The molecule has 4 rings (SSSR count). The molecule has 2 heterocycles. The maximum absolute atomic E-state index is 12.8. The number of benzene rings is 2. The van der Waals surface area contributed by atoms with Crippen LogP contribution in [0.2, 0.25) is 0 Å². The number of carbonyl (C=O) groups excluding carboxylic acids is 2. The minimum absolute atomic E-state index is 0.0514. The summed E-state index contributed by atoms with van der Waals surface area (Å²) in [5.74, 6) is 1.21. The van der Waals surface area contributed by atoms with E-state index < -0.39 is 0 Å². The summed E-state index contributed by atoms with van der Waals surface area (Å²) in [7, 11) is 5.17. The number of ether oxygens (including phenoxy) is 2. The predicted octanol–water partition coefficient (Wildman–Crippen LogP) is 2.65. The molecule has 2 aromatic carbocycles. The Morgan fingerprint density at radius 3 is 2.76 bits per heavy atom. The zero-order valence-corrected chi connectivity index (χ0v) is 16.9. The van der Waals surface area contributed by atoms with Crippen LogP contribution in [0.1, 0.15) is 39.1 Å². The molecule has 1 fully saturated rings. The zero-order valence-electron chi connectivity index (χ0n) is 16.9. The topological polar surface area (TPSA) is 71.1 Å². The first kappa shape index (κ1) is 19.1. The van der Waals surface area contributed by atoms with Crippen LogP contribution in [-0.2, 0) is 6.54 Å². The van der Waals surface area contributed by atoms with Gasteiger partial charge in [-0.15, -0.1) is 0 Å². The molecule has 1 saturated heterocycles. The molecule has 1 N–H and O–H groups in total. The maximum atomic E-state index is 12.8. The van der Waals surface area contributed by atoms with Crippen molar-refractivity contribution in [3.63, 3.8) is 0 Å². The molecule has 0 saturated carbocycles.